The first-order valence-corrected chi connectivity index (χ1v) is 11.6. The number of amides is 1. The van der Waals surface area contributed by atoms with Gasteiger partial charge in [-0.15, -0.1) is 0 Å². The van der Waals surface area contributed by atoms with Gasteiger partial charge in [0.2, 0.25) is 10.0 Å². The molecule has 1 aliphatic rings. The molecule has 1 fully saturated rings. The first kappa shape index (κ1) is 20.9. The van der Waals surface area contributed by atoms with Crippen molar-refractivity contribution in [3.05, 3.63) is 64.3 Å². The molecule has 1 aromatic heterocycles. The molecule has 7 nitrogen and oxygen atoms in total. The van der Waals surface area contributed by atoms with Crippen molar-refractivity contribution in [2.45, 2.75) is 11.8 Å². The van der Waals surface area contributed by atoms with E-state index in [0.717, 1.165) is 21.1 Å². The van der Waals surface area contributed by atoms with E-state index in [9.17, 15) is 13.2 Å². The lowest BCUT2D eigenvalue weighted by molar-refractivity contribution is 0.0730. The molecular formula is C21H20BrN3O4S. The zero-order valence-corrected chi connectivity index (χ0v) is 18.7. The van der Waals surface area contributed by atoms with E-state index in [1.165, 1.54) is 28.6 Å². The molecule has 0 unspecified atom stereocenters. The number of nitrogens with one attached hydrogen (secondary N) is 1. The summed E-state index contributed by atoms with van der Waals surface area (Å²) in [5.41, 5.74) is 2.58. The van der Waals surface area contributed by atoms with E-state index in [-0.39, 0.29) is 10.8 Å². The Bertz CT molecular complexity index is 1210. The van der Waals surface area contributed by atoms with E-state index in [1.54, 1.807) is 0 Å². The zero-order chi connectivity index (χ0) is 21.3. The number of carbonyl (C=O) groups excluding carboxylic acids is 1. The van der Waals surface area contributed by atoms with E-state index in [1.807, 2.05) is 31.2 Å². The number of benzene rings is 2. The number of hydrogen-bond acceptors (Lipinski definition) is 5. The minimum absolute atomic E-state index is 0.162. The quantitative estimate of drug-likeness (QED) is 0.604. The summed E-state index contributed by atoms with van der Waals surface area (Å²) in [6, 6.07) is 13.5. The Labute approximate surface area is 183 Å². The molecule has 1 N–H and O–H groups in total. The molecular weight excluding hydrogens is 470 g/mol. The van der Waals surface area contributed by atoms with Crippen molar-refractivity contribution >= 4 is 48.5 Å². The van der Waals surface area contributed by atoms with Gasteiger partial charge in [-0.25, -0.2) is 8.42 Å². The number of aryl methyl sites for hydroxylation is 1. The van der Waals surface area contributed by atoms with Gasteiger partial charge in [0.25, 0.3) is 5.91 Å². The second kappa shape index (κ2) is 8.43. The van der Waals surface area contributed by atoms with Gasteiger partial charge in [0.05, 0.1) is 29.3 Å². The van der Waals surface area contributed by atoms with Crippen molar-refractivity contribution in [2.75, 3.05) is 31.6 Å². The Balaban J connectivity index is 1.58. The largest absolute Gasteiger partial charge is 0.379 e. The number of hydrogen-bond donors (Lipinski definition) is 1. The number of fused-ring (bicyclic) bond motifs is 1. The fraction of sp³-hybridized carbons (Fsp3) is 0.238. The lowest BCUT2D eigenvalue weighted by atomic mass is 10.1. The molecule has 0 bridgehead atoms. The molecule has 0 atom stereocenters. The summed E-state index contributed by atoms with van der Waals surface area (Å²) in [5.74, 6) is -0.322. The first-order valence-electron chi connectivity index (χ1n) is 9.41. The number of ether oxygens (including phenoxy) is 1. The first-order chi connectivity index (χ1) is 14.3. The van der Waals surface area contributed by atoms with Crippen LogP contribution in [0, 0.1) is 6.92 Å². The lowest BCUT2D eigenvalue weighted by Gasteiger charge is -2.26. The maximum absolute atomic E-state index is 12.8. The van der Waals surface area contributed by atoms with Crippen LogP contribution in [0.5, 0.6) is 0 Å². The molecule has 2 aromatic carbocycles. The number of rotatable bonds is 4. The van der Waals surface area contributed by atoms with E-state index in [2.05, 4.69) is 26.2 Å². The molecule has 0 saturated carbocycles. The van der Waals surface area contributed by atoms with Crippen LogP contribution in [0.1, 0.15) is 16.1 Å². The number of halogens is 1. The number of pyridine rings is 1. The van der Waals surface area contributed by atoms with Crippen LogP contribution in [0.25, 0.3) is 10.9 Å². The average Bonchev–Trinajstić information content (AvgIpc) is 2.75. The second-order valence-electron chi connectivity index (χ2n) is 6.97. The maximum Gasteiger partial charge on any atom is 0.255 e. The van der Waals surface area contributed by atoms with E-state index in [4.69, 9.17) is 4.74 Å². The van der Waals surface area contributed by atoms with Crippen LogP contribution in [0.3, 0.4) is 0 Å². The summed E-state index contributed by atoms with van der Waals surface area (Å²) < 4.78 is 33.0. The number of morpholine rings is 1. The number of aromatic nitrogens is 1. The molecule has 0 spiro atoms. The van der Waals surface area contributed by atoms with Crippen molar-refractivity contribution in [1.29, 1.82) is 0 Å². The fourth-order valence-electron chi connectivity index (χ4n) is 3.34. The Hall–Kier alpha value is -2.33. The highest BCUT2D eigenvalue weighted by molar-refractivity contribution is 9.10. The van der Waals surface area contributed by atoms with Crippen LogP contribution in [0.2, 0.25) is 0 Å². The highest BCUT2D eigenvalue weighted by Gasteiger charge is 2.26. The number of carbonyl (C=O) groups is 1. The van der Waals surface area contributed by atoms with Crippen molar-refractivity contribution in [3.63, 3.8) is 0 Å². The van der Waals surface area contributed by atoms with Crippen molar-refractivity contribution in [1.82, 2.24) is 9.29 Å². The standard InChI is InChI=1S/C21H20BrN3O4S/c1-14-12-20(18-13-16(22)4-7-19(18)23-14)24-21(26)15-2-5-17(6-3-15)30(27,28)25-8-10-29-11-9-25/h2-7,12-13H,8-11H2,1H3,(H,23,24,26). The molecule has 9 heteroatoms. The van der Waals surface area contributed by atoms with Crippen LogP contribution in [-0.4, -0.2) is 49.9 Å². The van der Waals surface area contributed by atoms with Gasteiger partial charge in [0.1, 0.15) is 0 Å². The topological polar surface area (TPSA) is 88.6 Å². The molecule has 30 heavy (non-hydrogen) atoms. The fourth-order valence-corrected chi connectivity index (χ4v) is 5.11. The van der Waals surface area contributed by atoms with E-state index >= 15 is 0 Å². The Morgan fingerprint density at radius 1 is 1.10 bits per heavy atom. The van der Waals surface area contributed by atoms with Gasteiger partial charge < -0.3 is 10.1 Å². The summed E-state index contributed by atoms with van der Waals surface area (Å²) in [6.45, 7) is 3.29. The second-order valence-corrected chi connectivity index (χ2v) is 9.82. The maximum atomic E-state index is 12.8. The SMILES string of the molecule is Cc1cc(NC(=O)c2ccc(S(=O)(=O)N3CCOCC3)cc2)c2cc(Br)ccc2n1. The summed E-state index contributed by atoms with van der Waals surface area (Å²) in [6.07, 6.45) is 0. The van der Waals surface area contributed by atoms with Crippen LogP contribution >= 0.6 is 15.9 Å². The van der Waals surface area contributed by atoms with Gasteiger partial charge in [0.15, 0.2) is 0 Å². The van der Waals surface area contributed by atoms with Crippen LogP contribution in [-0.2, 0) is 14.8 Å². The van der Waals surface area contributed by atoms with Crippen molar-refractivity contribution in [2.24, 2.45) is 0 Å². The van der Waals surface area contributed by atoms with Crippen molar-refractivity contribution < 1.29 is 17.9 Å². The number of anilines is 1. The molecule has 1 saturated heterocycles. The molecule has 4 rings (SSSR count). The van der Waals surface area contributed by atoms with Gasteiger partial charge >= 0.3 is 0 Å². The summed E-state index contributed by atoms with van der Waals surface area (Å²) in [7, 11) is -3.59. The highest BCUT2D eigenvalue weighted by Crippen LogP contribution is 2.27. The third-order valence-electron chi connectivity index (χ3n) is 4.87. The van der Waals surface area contributed by atoms with Crippen LogP contribution < -0.4 is 5.32 Å². The number of nitrogens with zero attached hydrogens (tertiary/aromatic N) is 2. The van der Waals surface area contributed by atoms with Gasteiger partial charge in [0, 0.05) is 34.2 Å². The third-order valence-corrected chi connectivity index (χ3v) is 7.28. The molecule has 1 amide bonds. The third kappa shape index (κ3) is 4.24. The van der Waals surface area contributed by atoms with Crippen LogP contribution in [0.4, 0.5) is 5.69 Å². The van der Waals surface area contributed by atoms with E-state index in [0.29, 0.717) is 37.6 Å². The average molecular weight is 490 g/mol. The highest BCUT2D eigenvalue weighted by atomic mass is 79.9. The molecule has 0 radical (unpaired) electrons. The van der Waals surface area contributed by atoms with Gasteiger partial charge in [-0.2, -0.15) is 4.31 Å². The van der Waals surface area contributed by atoms with Crippen LogP contribution in [0.15, 0.2) is 57.9 Å². The zero-order valence-electron chi connectivity index (χ0n) is 16.3. The Morgan fingerprint density at radius 2 is 1.80 bits per heavy atom. The monoisotopic (exact) mass is 489 g/mol. The normalized spacial score (nSPS) is 15.3. The number of sulfonamides is 1. The predicted octanol–water partition coefficient (Wildman–Crippen LogP) is 3.58. The predicted molar refractivity (Wildman–Crippen MR) is 118 cm³/mol. The van der Waals surface area contributed by atoms with Crippen molar-refractivity contribution in [3.8, 4) is 0 Å². The summed E-state index contributed by atoms with van der Waals surface area (Å²) in [5, 5.41) is 3.73. The smallest absolute Gasteiger partial charge is 0.255 e. The summed E-state index contributed by atoms with van der Waals surface area (Å²) in [4.78, 5) is 17.4. The Kier molecular flexibility index (Phi) is 5.88. The summed E-state index contributed by atoms with van der Waals surface area (Å²) >= 11 is 3.45. The lowest BCUT2D eigenvalue weighted by Crippen LogP contribution is -2.40. The minimum atomic E-state index is -3.59. The van der Waals surface area contributed by atoms with E-state index < -0.39 is 10.0 Å². The molecule has 1 aliphatic heterocycles. The molecule has 3 aromatic rings. The van der Waals surface area contributed by atoms with Gasteiger partial charge in [-0.1, -0.05) is 15.9 Å². The minimum Gasteiger partial charge on any atom is -0.379 e. The Morgan fingerprint density at radius 3 is 2.50 bits per heavy atom. The van der Waals surface area contributed by atoms with Gasteiger partial charge in [-0.05, 0) is 55.5 Å². The molecule has 0 aliphatic carbocycles. The molecule has 156 valence electrons. The van der Waals surface area contributed by atoms with Gasteiger partial charge in [-0.3, -0.25) is 9.78 Å². The molecule has 2 heterocycles.